The van der Waals surface area contributed by atoms with Crippen LogP contribution in [-0.2, 0) is 9.53 Å². The fourth-order valence-corrected chi connectivity index (χ4v) is 2.42. The molecule has 8 heteroatoms. The van der Waals surface area contributed by atoms with Crippen LogP contribution in [0.2, 0.25) is 0 Å². The number of ether oxygens (including phenoxy) is 2. The summed E-state index contributed by atoms with van der Waals surface area (Å²) in [6.07, 6.45) is 0. The van der Waals surface area contributed by atoms with E-state index in [0.29, 0.717) is 23.6 Å². The fourth-order valence-electron chi connectivity index (χ4n) is 2.00. The van der Waals surface area contributed by atoms with Gasteiger partial charge in [-0.15, -0.1) is 0 Å². The lowest BCUT2D eigenvalue weighted by Gasteiger charge is -2.24. The number of ketones is 1. The molecular weight excluding hydrogens is 461 g/mol. The van der Waals surface area contributed by atoms with E-state index in [4.69, 9.17) is 9.47 Å². The van der Waals surface area contributed by atoms with E-state index >= 15 is 0 Å². The van der Waals surface area contributed by atoms with Gasteiger partial charge in [0.1, 0.15) is 11.6 Å². The number of carbonyl (C=O) groups excluding carboxylic acids is 2. The van der Waals surface area contributed by atoms with E-state index in [1.54, 1.807) is 45.0 Å². The zero-order chi connectivity index (χ0) is 21.9. The lowest BCUT2D eigenvalue weighted by atomic mass is 10.1. The summed E-state index contributed by atoms with van der Waals surface area (Å²) in [6, 6.07) is 12.4. The van der Waals surface area contributed by atoms with Crippen molar-refractivity contribution in [1.29, 1.82) is 0 Å². The van der Waals surface area contributed by atoms with Crippen LogP contribution in [0.15, 0.2) is 53.5 Å². The number of esters is 1. The molecule has 0 saturated carbocycles. The third kappa shape index (κ3) is 8.64. The molecule has 2 aromatic rings. The molecule has 0 saturated heterocycles. The van der Waals surface area contributed by atoms with Crippen LogP contribution in [0.1, 0.15) is 31.1 Å². The average molecular weight is 482 g/mol. The number of alkyl halides is 1. The predicted octanol–water partition coefficient (Wildman–Crippen LogP) is 5.54. The SMILES string of the molecule is CCOC(=O)C(C)(C)Oc1ccc(C(=O)CBr)cc1.Fc1ccc(N=C=S)cc1. The second kappa shape index (κ2) is 12.2. The number of hydrogen-bond donors (Lipinski definition) is 0. The summed E-state index contributed by atoms with van der Waals surface area (Å²) in [5.41, 5.74) is 0.159. The number of halogens is 2. The molecule has 0 bridgehead atoms. The third-order valence-corrected chi connectivity index (χ3v) is 4.04. The van der Waals surface area contributed by atoms with Crippen LogP contribution in [0.5, 0.6) is 5.75 Å². The minimum atomic E-state index is -1.06. The number of aliphatic imine (C=N–C) groups is 1. The Bertz CT molecular complexity index is 863. The number of benzene rings is 2. The van der Waals surface area contributed by atoms with Crippen LogP contribution in [0, 0.1) is 5.82 Å². The number of Topliss-reactive ketones (excluding diaryl/α,β-unsaturated/α-hetero) is 1. The fraction of sp³-hybridized carbons (Fsp3) is 0.286. The Morgan fingerprint density at radius 2 is 1.72 bits per heavy atom. The van der Waals surface area contributed by atoms with Gasteiger partial charge >= 0.3 is 5.97 Å². The first-order chi connectivity index (χ1) is 13.7. The van der Waals surface area contributed by atoms with Gasteiger partial charge in [-0.2, -0.15) is 4.99 Å². The zero-order valence-electron chi connectivity index (χ0n) is 16.3. The molecule has 154 valence electrons. The van der Waals surface area contributed by atoms with Gasteiger partial charge in [-0.05, 0) is 81.5 Å². The number of hydrogen-bond acceptors (Lipinski definition) is 6. The van der Waals surface area contributed by atoms with Crippen LogP contribution in [-0.4, -0.2) is 34.5 Å². The van der Waals surface area contributed by atoms with Gasteiger partial charge in [0.25, 0.3) is 0 Å². The van der Waals surface area contributed by atoms with E-state index in [0.717, 1.165) is 0 Å². The van der Waals surface area contributed by atoms with Gasteiger partial charge in [0.05, 0.1) is 22.8 Å². The quantitative estimate of drug-likeness (QED) is 0.170. The van der Waals surface area contributed by atoms with E-state index in [1.807, 2.05) is 0 Å². The molecule has 2 rings (SSSR count). The Labute approximate surface area is 183 Å². The highest BCUT2D eigenvalue weighted by molar-refractivity contribution is 9.09. The molecule has 0 heterocycles. The summed E-state index contributed by atoms with van der Waals surface area (Å²) < 4.78 is 22.8. The standard InChI is InChI=1S/C14H17BrO4.C7H4FNS/c1-4-18-13(17)14(2,3)19-11-7-5-10(6-8-11)12(16)9-15;8-6-1-3-7(4-2-6)9-5-10/h5-8H,4,9H2,1-3H3;1-4H. The molecule has 29 heavy (non-hydrogen) atoms. The molecule has 5 nitrogen and oxygen atoms in total. The molecule has 0 aromatic heterocycles. The van der Waals surface area contributed by atoms with Gasteiger partial charge in [0.2, 0.25) is 0 Å². The van der Waals surface area contributed by atoms with Crippen LogP contribution in [0.25, 0.3) is 0 Å². The topological polar surface area (TPSA) is 65.0 Å². The maximum absolute atomic E-state index is 12.2. The highest BCUT2D eigenvalue weighted by Gasteiger charge is 2.31. The molecular formula is C21H21BrFNO4S. The monoisotopic (exact) mass is 481 g/mol. The lowest BCUT2D eigenvalue weighted by molar-refractivity contribution is -0.158. The number of isothiocyanates is 1. The molecule has 0 unspecified atom stereocenters. The highest BCUT2D eigenvalue weighted by atomic mass is 79.9. The second-order valence-electron chi connectivity index (χ2n) is 6.09. The summed E-state index contributed by atoms with van der Waals surface area (Å²) in [6.45, 7) is 5.34. The van der Waals surface area contributed by atoms with Crippen molar-refractivity contribution in [1.82, 2.24) is 0 Å². The van der Waals surface area contributed by atoms with Gasteiger partial charge in [-0.1, -0.05) is 15.9 Å². The summed E-state index contributed by atoms with van der Waals surface area (Å²) in [5, 5.41) is 2.47. The van der Waals surface area contributed by atoms with Crippen molar-refractivity contribution in [2.45, 2.75) is 26.4 Å². The van der Waals surface area contributed by atoms with Crippen molar-refractivity contribution < 1.29 is 23.5 Å². The Balaban J connectivity index is 0.000000352. The molecule has 0 N–H and O–H groups in total. The molecule has 0 aliphatic heterocycles. The number of nitrogens with zero attached hydrogens (tertiary/aromatic N) is 1. The van der Waals surface area contributed by atoms with E-state index in [1.165, 1.54) is 24.3 Å². The maximum atomic E-state index is 12.2. The number of carbonyl (C=O) groups is 2. The van der Waals surface area contributed by atoms with Crippen molar-refractivity contribution in [3.63, 3.8) is 0 Å². The van der Waals surface area contributed by atoms with Crippen molar-refractivity contribution >= 4 is 50.7 Å². The second-order valence-corrected chi connectivity index (χ2v) is 6.84. The average Bonchev–Trinajstić information content (AvgIpc) is 2.70. The zero-order valence-corrected chi connectivity index (χ0v) is 18.7. The van der Waals surface area contributed by atoms with Crippen molar-refractivity contribution in [3.05, 3.63) is 59.9 Å². The number of thiocarbonyl (C=S) groups is 1. The predicted molar refractivity (Wildman–Crippen MR) is 117 cm³/mol. The maximum Gasteiger partial charge on any atom is 0.349 e. The summed E-state index contributed by atoms with van der Waals surface area (Å²) >= 11 is 7.47. The summed E-state index contributed by atoms with van der Waals surface area (Å²) in [7, 11) is 0. The van der Waals surface area contributed by atoms with Crippen molar-refractivity contribution in [2.24, 2.45) is 4.99 Å². The largest absolute Gasteiger partial charge is 0.476 e. The van der Waals surface area contributed by atoms with Gasteiger partial charge in [-0.3, -0.25) is 4.79 Å². The Morgan fingerprint density at radius 1 is 1.14 bits per heavy atom. The molecule has 0 amide bonds. The lowest BCUT2D eigenvalue weighted by Crippen LogP contribution is -2.39. The van der Waals surface area contributed by atoms with Crippen LogP contribution >= 0.6 is 28.1 Å². The molecule has 0 atom stereocenters. The Hall–Kier alpha value is -2.41. The molecule has 0 fully saturated rings. The van der Waals surface area contributed by atoms with Gasteiger partial charge < -0.3 is 9.47 Å². The van der Waals surface area contributed by atoms with Crippen molar-refractivity contribution in [3.8, 4) is 5.75 Å². The normalized spacial score (nSPS) is 10.1. The van der Waals surface area contributed by atoms with Crippen LogP contribution in [0.3, 0.4) is 0 Å². The minimum Gasteiger partial charge on any atom is -0.476 e. The summed E-state index contributed by atoms with van der Waals surface area (Å²) in [5.74, 6) is -0.181. The van der Waals surface area contributed by atoms with Gasteiger partial charge in [-0.25, -0.2) is 9.18 Å². The molecule has 0 radical (unpaired) electrons. The van der Waals surface area contributed by atoms with Crippen LogP contribution in [0.4, 0.5) is 10.1 Å². The third-order valence-electron chi connectivity index (χ3n) is 3.44. The van der Waals surface area contributed by atoms with Crippen molar-refractivity contribution in [2.75, 3.05) is 11.9 Å². The Kier molecular flexibility index (Phi) is 10.4. The highest BCUT2D eigenvalue weighted by Crippen LogP contribution is 2.20. The Morgan fingerprint density at radius 3 is 2.21 bits per heavy atom. The van der Waals surface area contributed by atoms with Crippen LogP contribution < -0.4 is 4.74 Å². The first-order valence-corrected chi connectivity index (χ1v) is 10.1. The first-order valence-electron chi connectivity index (χ1n) is 8.62. The van der Waals surface area contributed by atoms with Gasteiger partial charge in [0, 0.05) is 5.56 Å². The minimum absolute atomic E-state index is 0.00352. The molecule has 2 aromatic carbocycles. The molecule has 0 aliphatic rings. The van der Waals surface area contributed by atoms with E-state index < -0.39 is 11.6 Å². The first kappa shape index (κ1) is 24.6. The number of rotatable bonds is 7. The van der Waals surface area contributed by atoms with E-state index in [-0.39, 0.29) is 16.9 Å². The molecule has 0 aliphatic carbocycles. The molecule has 0 spiro atoms. The van der Waals surface area contributed by atoms with E-state index in [9.17, 15) is 14.0 Å². The van der Waals surface area contributed by atoms with Gasteiger partial charge in [0.15, 0.2) is 11.4 Å². The summed E-state index contributed by atoms with van der Waals surface area (Å²) in [4.78, 5) is 26.8. The van der Waals surface area contributed by atoms with E-state index in [2.05, 4.69) is 38.3 Å². The smallest absolute Gasteiger partial charge is 0.349 e.